The van der Waals surface area contributed by atoms with E-state index in [0.29, 0.717) is 12.1 Å². The molecule has 0 unspecified atom stereocenters. The highest BCUT2D eigenvalue weighted by Gasteiger charge is 2.13. The maximum atomic E-state index is 12.8. The van der Waals surface area contributed by atoms with Crippen molar-refractivity contribution in [1.29, 1.82) is 0 Å². The lowest BCUT2D eigenvalue weighted by Crippen LogP contribution is -2.25. The first-order valence-electron chi connectivity index (χ1n) is 9.57. The van der Waals surface area contributed by atoms with E-state index in [4.69, 9.17) is 0 Å². The summed E-state index contributed by atoms with van der Waals surface area (Å²) in [6.07, 6.45) is 3.76. The van der Waals surface area contributed by atoms with Crippen LogP contribution in [-0.4, -0.2) is 32.6 Å². The third-order valence-electron chi connectivity index (χ3n) is 4.58. The van der Waals surface area contributed by atoms with Crippen LogP contribution in [0.1, 0.15) is 26.6 Å². The lowest BCUT2D eigenvalue weighted by atomic mass is 10.2. The summed E-state index contributed by atoms with van der Waals surface area (Å²) in [6.45, 7) is 2.52. The van der Waals surface area contributed by atoms with Crippen LogP contribution in [0.25, 0.3) is 5.69 Å². The van der Waals surface area contributed by atoms with Crippen LogP contribution in [0.4, 0.5) is 0 Å². The molecule has 4 aromatic rings. The zero-order valence-corrected chi connectivity index (χ0v) is 18.5. The van der Waals surface area contributed by atoms with E-state index in [1.54, 1.807) is 34.2 Å². The number of thiazole rings is 1. The van der Waals surface area contributed by atoms with Crippen LogP contribution in [0.15, 0.2) is 77.3 Å². The molecule has 1 amide bonds. The number of aromatic nitrogens is 3. The standard InChI is InChI=1S/C23H22N4OS2/c1-17-25-20(15-29-17)16-30-22-10-8-19(9-11-22)23(28)26(2)13-18-12-24-27(14-18)21-6-4-3-5-7-21/h3-12,14-15H,13,16H2,1-2H3. The summed E-state index contributed by atoms with van der Waals surface area (Å²) in [5, 5.41) is 7.58. The number of nitrogens with zero attached hydrogens (tertiary/aromatic N) is 4. The Labute approximate surface area is 184 Å². The smallest absolute Gasteiger partial charge is 0.253 e. The maximum Gasteiger partial charge on any atom is 0.253 e. The molecule has 0 aliphatic carbocycles. The van der Waals surface area contributed by atoms with Crippen LogP contribution in [-0.2, 0) is 12.3 Å². The molecule has 5 nitrogen and oxygen atoms in total. The first kappa shape index (κ1) is 20.4. The maximum absolute atomic E-state index is 12.8. The van der Waals surface area contributed by atoms with Gasteiger partial charge in [-0.1, -0.05) is 18.2 Å². The molecule has 0 saturated heterocycles. The van der Waals surface area contributed by atoms with Crippen LogP contribution in [0, 0.1) is 6.92 Å². The van der Waals surface area contributed by atoms with Gasteiger partial charge in [-0.3, -0.25) is 4.79 Å². The Kier molecular flexibility index (Phi) is 6.30. The minimum absolute atomic E-state index is 0.00543. The summed E-state index contributed by atoms with van der Waals surface area (Å²) >= 11 is 3.40. The third kappa shape index (κ3) is 4.98. The molecule has 0 bridgehead atoms. The Morgan fingerprint density at radius 3 is 2.60 bits per heavy atom. The molecule has 0 fully saturated rings. The number of rotatable bonds is 7. The van der Waals surface area contributed by atoms with Gasteiger partial charge in [0.2, 0.25) is 0 Å². The molecule has 2 heterocycles. The van der Waals surface area contributed by atoms with E-state index in [1.807, 2.05) is 79.4 Å². The van der Waals surface area contributed by atoms with Gasteiger partial charge in [-0.15, -0.1) is 23.1 Å². The van der Waals surface area contributed by atoms with Crippen molar-refractivity contribution in [2.24, 2.45) is 0 Å². The fourth-order valence-electron chi connectivity index (χ4n) is 3.06. The number of amides is 1. The topological polar surface area (TPSA) is 51.0 Å². The van der Waals surface area contributed by atoms with E-state index in [2.05, 4.69) is 15.5 Å². The van der Waals surface area contributed by atoms with Gasteiger partial charge in [0.1, 0.15) is 0 Å². The summed E-state index contributed by atoms with van der Waals surface area (Å²) in [5.74, 6) is 0.831. The number of hydrogen-bond acceptors (Lipinski definition) is 5. The zero-order chi connectivity index (χ0) is 20.9. The number of benzene rings is 2. The minimum atomic E-state index is -0.00543. The Bertz CT molecular complexity index is 1120. The second-order valence-electron chi connectivity index (χ2n) is 6.96. The summed E-state index contributed by atoms with van der Waals surface area (Å²) in [5.41, 5.74) is 3.76. The highest BCUT2D eigenvalue weighted by Crippen LogP contribution is 2.24. The first-order valence-corrected chi connectivity index (χ1v) is 11.4. The second-order valence-corrected chi connectivity index (χ2v) is 9.07. The van der Waals surface area contributed by atoms with Gasteiger partial charge in [0.05, 0.1) is 22.6 Å². The minimum Gasteiger partial charge on any atom is -0.337 e. The Morgan fingerprint density at radius 1 is 1.13 bits per heavy atom. The van der Waals surface area contributed by atoms with Gasteiger partial charge in [0, 0.05) is 46.9 Å². The normalized spacial score (nSPS) is 10.9. The van der Waals surface area contributed by atoms with E-state index in [0.717, 1.165) is 32.6 Å². The Hall–Kier alpha value is -2.90. The molecule has 0 saturated carbocycles. The molecule has 0 aliphatic rings. The molecular formula is C23H22N4OS2. The Balaban J connectivity index is 1.35. The van der Waals surface area contributed by atoms with Gasteiger partial charge in [-0.05, 0) is 43.3 Å². The van der Waals surface area contributed by atoms with Crippen LogP contribution in [0.3, 0.4) is 0 Å². The second kappa shape index (κ2) is 9.28. The first-order chi connectivity index (χ1) is 14.6. The highest BCUT2D eigenvalue weighted by atomic mass is 32.2. The average Bonchev–Trinajstić information content (AvgIpc) is 3.41. The summed E-state index contributed by atoms with van der Waals surface area (Å²) in [4.78, 5) is 20.1. The predicted octanol–water partition coefficient (Wildman–Crippen LogP) is 5.20. The van der Waals surface area contributed by atoms with Gasteiger partial charge in [-0.2, -0.15) is 5.10 Å². The molecule has 0 atom stereocenters. The van der Waals surface area contributed by atoms with E-state index in [-0.39, 0.29) is 5.91 Å². The van der Waals surface area contributed by atoms with E-state index in [9.17, 15) is 4.79 Å². The SMILES string of the molecule is Cc1nc(CSc2ccc(C(=O)N(C)Cc3cnn(-c4ccccc4)c3)cc2)cs1. The lowest BCUT2D eigenvalue weighted by molar-refractivity contribution is 0.0785. The monoisotopic (exact) mass is 434 g/mol. The molecule has 152 valence electrons. The number of carbonyl (C=O) groups is 1. The van der Waals surface area contributed by atoms with Crippen molar-refractivity contribution in [2.45, 2.75) is 24.1 Å². The molecule has 0 radical (unpaired) electrons. The van der Waals surface area contributed by atoms with Gasteiger partial charge < -0.3 is 4.90 Å². The number of thioether (sulfide) groups is 1. The summed E-state index contributed by atoms with van der Waals surface area (Å²) < 4.78 is 1.82. The van der Waals surface area contributed by atoms with Gasteiger partial charge >= 0.3 is 0 Å². The highest BCUT2D eigenvalue weighted by molar-refractivity contribution is 7.98. The van der Waals surface area contributed by atoms with Crippen molar-refractivity contribution in [3.63, 3.8) is 0 Å². The zero-order valence-electron chi connectivity index (χ0n) is 16.9. The molecule has 0 N–H and O–H groups in total. The fraction of sp³-hybridized carbons (Fsp3) is 0.174. The predicted molar refractivity (Wildman–Crippen MR) is 122 cm³/mol. The quantitative estimate of drug-likeness (QED) is 0.375. The fourth-order valence-corrected chi connectivity index (χ4v) is 4.56. The Morgan fingerprint density at radius 2 is 1.90 bits per heavy atom. The molecule has 4 rings (SSSR count). The van der Waals surface area contributed by atoms with Crippen LogP contribution in [0.5, 0.6) is 0 Å². The van der Waals surface area contributed by atoms with Crippen LogP contribution < -0.4 is 0 Å². The van der Waals surface area contributed by atoms with Gasteiger partial charge in [-0.25, -0.2) is 9.67 Å². The lowest BCUT2D eigenvalue weighted by Gasteiger charge is -2.16. The number of carbonyl (C=O) groups excluding carboxylic acids is 1. The van der Waals surface area contributed by atoms with Crippen molar-refractivity contribution >= 4 is 29.0 Å². The van der Waals surface area contributed by atoms with Crippen molar-refractivity contribution in [3.05, 3.63) is 94.2 Å². The number of aryl methyl sites for hydroxylation is 1. The van der Waals surface area contributed by atoms with Crippen molar-refractivity contribution in [1.82, 2.24) is 19.7 Å². The largest absolute Gasteiger partial charge is 0.337 e. The van der Waals surface area contributed by atoms with E-state index >= 15 is 0 Å². The molecule has 2 aromatic heterocycles. The third-order valence-corrected chi connectivity index (χ3v) is 6.45. The molecule has 30 heavy (non-hydrogen) atoms. The van der Waals surface area contributed by atoms with Gasteiger partial charge in [0.15, 0.2) is 0 Å². The average molecular weight is 435 g/mol. The van der Waals surface area contributed by atoms with Crippen molar-refractivity contribution in [2.75, 3.05) is 7.05 Å². The molecule has 0 spiro atoms. The van der Waals surface area contributed by atoms with Crippen LogP contribution >= 0.6 is 23.1 Å². The molecule has 2 aromatic carbocycles. The molecule has 0 aliphatic heterocycles. The van der Waals surface area contributed by atoms with E-state index < -0.39 is 0 Å². The number of hydrogen-bond donors (Lipinski definition) is 0. The van der Waals surface area contributed by atoms with Crippen molar-refractivity contribution < 1.29 is 4.79 Å². The number of para-hydroxylation sites is 1. The summed E-state index contributed by atoms with van der Waals surface area (Å²) in [6, 6.07) is 17.7. The van der Waals surface area contributed by atoms with Crippen molar-refractivity contribution in [3.8, 4) is 5.69 Å². The molecular weight excluding hydrogens is 412 g/mol. The summed E-state index contributed by atoms with van der Waals surface area (Å²) in [7, 11) is 1.81. The van der Waals surface area contributed by atoms with Gasteiger partial charge in [0.25, 0.3) is 5.91 Å². The molecule has 7 heteroatoms. The van der Waals surface area contributed by atoms with Crippen LogP contribution in [0.2, 0.25) is 0 Å². The van der Waals surface area contributed by atoms with E-state index in [1.165, 1.54) is 0 Å².